The number of ether oxygens (including phenoxy) is 2. The molecule has 1 N–H and O–H groups in total. The summed E-state index contributed by atoms with van der Waals surface area (Å²) in [5.74, 6) is 1.16. The molecule has 0 aromatic heterocycles. The lowest BCUT2D eigenvalue weighted by Gasteiger charge is -2.13. The van der Waals surface area contributed by atoms with Crippen molar-refractivity contribution in [2.45, 2.75) is 0 Å². The second-order valence-corrected chi connectivity index (χ2v) is 6.15. The molecule has 2 aromatic rings. The Bertz CT molecular complexity index is 797. The summed E-state index contributed by atoms with van der Waals surface area (Å²) in [6, 6.07) is 7.86. The van der Waals surface area contributed by atoms with Gasteiger partial charge in [0, 0.05) is 17.7 Å². The summed E-state index contributed by atoms with van der Waals surface area (Å²) in [4.78, 5) is 10.3. The zero-order chi connectivity index (χ0) is 17.7. The molecule has 9 heteroatoms. The number of nitro groups is 1. The number of nitrogens with one attached hydrogen (secondary N) is 1. The van der Waals surface area contributed by atoms with Crippen molar-refractivity contribution in [2.24, 2.45) is 5.10 Å². The van der Waals surface area contributed by atoms with Crippen LogP contribution in [0.2, 0.25) is 0 Å². The maximum Gasteiger partial charge on any atom is 0.271 e. The lowest BCUT2D eigenvalue weighted by molar-refractivity contribution is -0.384. The number of non-ortho nitro benzene ring substituents is 1. The van der Waals surface area contributed by atoms with Crippen LogP contribution < -0.4 is 14.9 Å². The van der Waals surface area contributed by atoms with Gasteiger partial charge in [-0.3, -0.25) is 15.5 Å². The normalized spacial score (nSPS) is 10.7. The molecule has 2 aromatic carbocycles. The van der Waals surface area contributed by atoms with Gasteiger partial charge in [-0.2, -0.15) is 5.10 Å². The van der Waals surface area contributed by atoms with Gasteiger partial charge in [0.1, 0.15) is 10.2 Å². The lowest BCUT2D eigenvalue weighted by atomic mass is 10.2. The summed E-state index contributed by atoms with van der Waals surface area (Å²) in [6.45, 7) is 0. The molecular weight excluding hydrogens is 446 g/mol. The van der Waals surface area contributed by atoms with Gasteiger partial charge in [0.25, 0.3) is 5.69 Å². The number of hydrogen-bond donors (Lipinski definition) is 1. The molecule has 0 atom stereocenters. The van der Waals surface area contributed by atoms with E-state index >= 15 is 0 Å². The fraction of sp³-hybridized carbons (Fsp3) is 0.133. The Labute approximate surface area is 155 Å². The van der Waals surface area contributed by atoms with Gasteiger partial charge < -0.3 is 9.47 Å². The molecule has 0 amide bonds. The third-order valence-electron chi connectivity index (χ3n) is 3.02. The smallest absolute Gasteiger partial charge is 0.271 e. The average molecular weight is 459 g/mol. The van der Waals surface area contributed by atoms with Crippen LogP contribution in [0.5, 0.6) is 11.5 Å². The zero-order valence-corrected chi connectivity index (χ0v) is 15.9. The van der Waals surface area contributed by atoms with E-state index in [4.69, 9.17) is 9.47 Å². The topological polar surface area (TPSA) is 86.0 Å². The Morgan fingerprint density at radius 1 is 1.21 bits per heavy atom. The van der Waals surface area contributed by atoms with Crippen molar-refractivity contribution in [3.8, 4) is 11.5 Å². The van der Waals surface area contributed by atoms with Crippen LogP contribution in [0.3, 0.4) is 0 Å². The summed E-state index contributed by atoms with van der Waals surface area (Å²) in [7, 11) is 3.10. The minimum Gasteiger partial charge on any atom is -0.495 e. The fourth-order valence-corrected chi connectivity index (χ4v) is 3.60. The molecule has 7 nitrogen and oxygen atoms in total. The van der Waals surface area contributed by atoms with Crippen LogP contribution in [0, 0.1) is 10.1 Å². The first kappa shape index (κ1) is 18.2. The van der Waals surface area contributed by atoms with E-state index in [-0.39, 0.29) is 5.69 Å². The molecular formula is C15H13Br2N3O4. The van der Waals surface area contributed by atoms with Crippen molar-refractivity contribution in [1.82, 2.24) is 0 Å². The Balaban J connectivity index is 2.26. The van der Waals surface area contributed by atoms with Crippen molar-refractivity contribution in [2.75, 3.05) is 19.6 Å². The highest BCUT2D eigenvalue weighted by Gasteiger charge is 2.15. The maximum absolute atomic E-state index is 10.8. The number of nitro benzene ring substituents is 1. The second kappa shape index (κ2) is 8.11. The number of hydrazone groups is 1. The molecule has 0 heterocycles. The summed E-state index contributed by atoms with van der Waals surface area (Å²) < 4.78 is 12.0. The molecule has 24 heavy (non-hydrogen) atoms. The molecule has 2 rings (SSSR count). The van der Waals surface area contributed by atoms with Crippen molar-refractivity contribution in [3.05, 3.63) is 55.0 Å². The van der Waals surface area contributed by atoms with Gasteiger partial charge in [-0.25, -0.2) is 0 Å². The highest BCUT2D eigenvalue weighted by Crippen LogP contribution is 2.42. The van der Waals surface area contributed by atoms with E-state index < -0.39 is 4.92 Å². The number of nitrogens with zero attached hydrogens (tertiary/aromatic N) is 2. The summed E-state index contributed by atoms with van der Waals surface area (Å²) in [5, 5.41) is 14.9. The van der Waals surface area contributed by atoms with Gasteiger partial charge >= 0.3 is 0 Å². The molecule has 0 unspecified atom stereocenters. The third kappa shape index (κ3) is 4.04. The summed E-state index contributed by atoms with van der Waals surface area (Å²) in [6.07, 6.45) is 1.55. The van der Waals surface area contributed by atoms with Crippen molar-refractivity contribution in [3.63, 3.8) is 0 Å². The van der Waals surface area contributed by atoms with E-state index in [1.165, 1.54) is 12.1 Å². The molecule has 0 radical (unpaired) electrons. The van der Waals surface area contributed by atoms with Gasteiger partial charge in [-0.05, 0) is 44.0 Å². The number of halogens is 2. The largest absolute Gasteiger partial charge is 0.495 e. The van der Waals surface area contributed by atoms with Crippen LogP contribution in [0.25, 0.3) is 0 Å². The van der Waals surface area contributed by atoms with Gasteiger partial charge in [0.2, 0.25) is 0 Å². The molecule has 0 aliphatic carbocycles. The van der Waals surface area contributed by atoms with Crippen LogP contribution in [0.15, 0.2) is 44.4 Å². The first-order chi connectivity index (χ1) is 11.5. The van der Waals surface area contributed by atoms with Crippen LogP contribution in [0.1, 0.15) is 5.56 Å². The van der Waals surface area contributed by atoms with Crippen LogP contribution in [-0.4, -0.2) is 25.4 Å². The monoisotopic (exact) mass is 457 g/mol. The Hall–Kier alpha value is -2.13. The highest BCUT2D eigenvalue weighted by atomic mass is 79.9. The van der Waals surface area contributed by atoms with Gasteiger partial charge in [-0.15, -0.1) is 0 Å². The van der Waals surface area contributed by atoms with E-state index in [2.05, 4.69) is 42.4 Å². The SMILES string of the molecule is COc1c(Br)cc(C=NNc2cccc([N+](=O)[O-])c2)c(OC)c1Br. The molecule has 0 aliphatic heterocycles. The van der Waals surface area contributed by atoms with Crippen LogP contribution in [0.4, 0.5) is 11.4 Å². The Morgan fingerprint density at radius 3 is 2.54 bits per heavy atom. The van der Waals surface area contributed by atoms with Crippen molar-refractivity contribution < 1.29 is 14.4 Å². The highest BCUT2D eigenvalue weighted by molar-refractivity contribution is 9.11. The predicted octanol–water partition coefficient (Wildman–Crippen LogP) is 4.58. The van der Waals surface area contributed by atoms with Gasteiger partial charge in [0.05, 0.1) is 35.5 Å². The first-order valence-corrected chi connectivity index (χ1v) is 8.20. The first-order valence-electron chi connectivity index (χ1n) is 6.61. The third-order valence-corrected chi connectivity index (χ3v) is 4.33. The molecule has 0 aliphatic rings. The standard InChI is InChI=1S/C15H13Br2N3O4/c1-23-14-9(6-12(16)15(24-2)13(14)17)8-18-19-10-4-3-5-11(7-10)20(21)22/h3-8,19H,1-2H3. The maximum atomic E-state index is 10.8. The van der Waals surface area contributed by atoms with Crippen molar-refractivity contribution in [1.29, 1.82) is 0 Å². The molecule has 0 bridgehead atoms. The van der Waals surface area contributed by atoms with E-state index in [0.29, 0.717) is 27.2 Å². The number of rotatable bonds is 6. The summed E-state index contributed by atoms with van der Waals surface area (Å²) in [5.41, 5.74) is 3.94. The van der Waals surface area contributed by atoms with E-state index in [0.717, 1.165) is 4.47 Å². The number of methoxy groups -OCH3 is 2. The van der Waals surface area contributed by atoms with Crippen LogP contribution in [-0.2, 0) is 0 Å². The van der Waals surface area contributed by atoms with Gasteiger partial charge in [-0.1, -0.05) is 6.07 Å². The minimum atomic E-state index is -0.463. The molecule has 0 spiro atoms. The zero-order valence-electron chi connectivity index (χ0n) is 12.7. The van der Waals surface area contributed by atoms with E-state index in [1.54, 1.807) is 38.6 Å². The minimum absolute atomic E-state index is 0.0114. The second-order valence-electron chi connectivity index (χ2n) is 4.51. The van der Waals surface area contributed by atoms with Crippen LogP contribution >= 0.6 is 31.9 Å². The molecule has 0 fully saturated rings. The predicted molar refractivity (Wildman–Crippen MR) is 99.3 cm³/mol. The molecule has 0 saturated carbocycles. The van der Waals surface area contributed by atoms with E-state index in [1.807, 2.05) is 0 Å². The molecule has 0 saturated heterocycles. The number of benzene rings is 2. The van der Waals surface area contributed by atoms with Crippen molar-refractivity contribution >= 4 is 49.4 Å². The number of anilines is 1. The quantitative estimate of drug-likeness (QED) is 0.389. The van der Waals surface area contributed by atoms with E-state index in [9.17, 15) is 10.1 Å². The summed E-state index contributed by atoms with van der Waals surface area (Å²) >= 11 is 6.84. The van der Waals surface area contributed by atoms with Gasteiger partial charge in [0.15, 0.2) is 5.75 Å². The average Bonchev–Trinajstić information content (AvgIpc) is 2.55. The Kier molecular flexibility index (Phi) is 6.16. The number of hydrogen-bond acceptors (Lipinski definition) is 6. The lowest BCUT2D eigenvalue weighted by Crippen LogP contribution is -1.98. The fourth-order valence-electron chi connectivity index (χ4n) is 1.96. The Morgan fingerprint density at radius 2 is 1.92 bits per heavy atom. The molecule has 126 valence electrons.